The smallest absolute Gasteiger partial charge is 0.330 e. The van der Waals surface area contributed by atoms with Gasteiger partial charge >= 0.3 is 5.97 Å². The fourth-order valence-corrected chi connectivity index (χ4v) is 4.72. The van der Waals surface area contributed by atoms with Crippen LogP contribution in [-0.2, 0) is 14.3 Å². The third kappa shape index (κ3) is 10.5. The van der Waals surface area contributed by atoms with E-state index in [1.54, 1.807) is 6.92 Å². The molecule has 0 saturated carbocycles. The number of methoxy groups -OCH3 is 1. The first-order valence-corrected chi connectivity index (χ1v) is 14.2. The number of ketones is 1. The number of unbranched alkanes of at least 4 members (excludes halogenated alkanes) is 1. The van der Waals surface area contributed by atoms with E-state index < -0.39 is 0 Å². The molecule has 0 amide bonds. The Kier molecular flexibility index (Phi) is 12.7. The molecule has 3 aromatic rings. The summed E-state index contributed by atoms with van der Waals surface area (Å²) >= 11 is 12.3. The molecule has 0 radical (unpaired) electrons. The van der Waals surface area contributed by atoms with Crippen molar-refractivity contribution in [1.82, 2.24) is 4.90 Å². The molecule has 7 heteroatoms. The topological polar surface area (TPSA) is 55.8 Å². The molecule has 40 heavy (non-hydrogen) atoms. The number of Topliss-reactive ketones (excluding diaryl/α,β-unsaturated/α-hetero) is 1. The van der Waals surface area contributed by atoms with Gasteiger partial charge < -0.3 is 19.2 Å². The van der Waals surface area contributed by atoms with Crippen LogP contribution in [0.1, 0.15) is 55.2 Å². The molecule has 0 N–H and O–H groups in total. The van der Waals surface area contributed by atoms with Crippen LogP contribution in [0.5, 0.6) is 5.75 Å². The van der Waals surface area contributed by atoms with Crippen LogP contribution < -0.4 is 4.74 Å². The zero-order valence-corrected chi connectivity index (χ0v) is 24.9. The maximum absolute atomic E-state index is 11.9. The van der Waals surface area contributed by atoms with Gasteiger partial charge in [0.25, 0.3) is 0 Å². The Balaban J connectivity index is 1.58. The third-order valence-electron chi connectivity index (χ3n) is 6.72. The van der Waals surface area contributed by atoms with Gasteiger partial charge in [0.05, 0.1) is 7.11 Å². The molecule has 3 aromatic carbocycles. The molecule has 0 heterocycles. The summed E-state index contributed by atoms with van der Waals surface area (Å²) in [5, 5.41) is 1.43. The summed E-state index contributed by atoms with van der Waals surface area (Å²) in [6, 6.07) is 23.7. The second-order valence-corrected chi connectivity index (χ2v) is 10.8. The normalized spacial score (nSPS) is 11.6. The minimum atomic E-state index is -0.388. The van der Waals surface area contributed by atoms with Crippen LogP contribution in [-0.4, -0.2) is 50.5 Å². The third-order valence-corrected chi connectivity index (χ3v) is 7.23. The highest BCUT2D eigenvalue weighted by Gasteiger charge is 2.17. The Morgan fingerprint density at radius 1 is 0.850 bits per heavy atom. The molecule has 0 aliphatic carbocycles. The van der Waals surface area contributed by atoms with Crippen LogP contribution in [0.2, 0.25) is 10.0 Å². The first kappa shape index (κ1) is 31.4. The lowest BCUT2D eigenvalue weighted by molar-refractivity contribution is -0.134. The maximum atomic E-state index is 11.9. The molecule has 0 aromatic heterocycles. The van der Waals surface area contributed by atoms with Crippen LogP contribution in [0.25, 0.3) is 5.57 Å². The zero-order chi connectivity index (χ0) is 28.9. The Labute approximate surface area is 247 Å². The molecular formula is C33H37Cl2NO4. The molecule has 0 atom stereocenters. The van der Waals surface area contributed by atoms with Crippen molar-refractivity contribution < 1.29 is 19.1 Å². The Morgan fingerprint density at radius 2 is 1.40 bits per heavy atom. The molecule has 5 nitrogen and oxygen atoms in total. The van der Waals surface area contributed by atoms with E-state index in [9.17, 15) is 9.59 Å². The highest BCUT2D eigenvalue weighted by Crippen LogP contribution is 2.28. The number of carbonyl (C=O) groups excluding carboxylic acids is 2. The number of hydrogen-bond acceptors (Lipinski definition) is 5. The Morgan fingerprint density at radius 3 is 1.93 bits per heavy atom. The number of ether oxygens (including phenoxy) is 2. The summed E-state index contributed by atoms with van der Waals surface area (Å²) in [6.45, 7) is 3.67. The van der Waals surface area contributed by atoms with Crippen LogP contribution in [0.4, 0.5) is 0 Å². The van der Waals surface area contributed by atoms with Crippen LogP contribution in [0.3, 0.4) is 0 Å². The van der Waals surface area contributed by atoms with E-state index in [1.807, 2.05) is 48.5 Å². The van der Waals surface area contributed by atoms with Crippen molar-refractivity contribution in [2.75, 3.05) is 33.9 Å². The number of hydrogen-bond donors (Lipinski definition) is 0. The quantitative estimate of drug-likeness (QED) is 0.104. The molecule has 3 rings (SSSR count). The van der Waals surface area contributed by atoms with Crippen LogP contribution >= 0.6 is 23.2 Å². The minimum absolute atomic E-state index is 0.161. The van der Waals surface area contributed by atoms with Crippen molar-refractivity contribution in [3.63, 3.8) is 0 Å². The monoisotopic (exact) mass is 581 g/mol. The molecule has 0 spiro atoms. The van der Waals surface area contributed by atoms with Gasteiger partial charge in [-0.1, -0.05) is 59.6 Å². The maximum Gasteiger partial charge on any atom is 0.330 e. The SMILES string of the molecule is COC(=O)C=C(CCCCC(C)=O)c1ccc(OCCN(C)CC(c2ccc(Cl)cc2)c2ccc(Cl)cc2)cc1. The highest BCUT2D eigenvalue weighted by molar-refractivity contribution is 6.30. The van der Waals surface area contributed by atoms with Gasteiger partial charge in [-0.15, -0.1) is 0 Å². The van der Waals surface area contributed by atoms with Gasteiger partial charge in [-0.3, -0.25) is 0 Å². The number of nitrogens with zero attached hydrogens (tertiary/aromatic N) is 1. The van der Waals surface area contributed by atoms with Crippen molar-refractivity contribution in [3.8, 4) is 5.75 Å². The summed E-state index contributed by atoms with van der Waals surface area (Å²) in [6.07, 6.45) is 4.37. The first-order chi connectivity index (χ1) is 19.2. The number of carbonyl (C=O) groups is 2. The molecule has 212 valence electrons. The molecule has 0 fully saturated rings. The average Bonchev–Trinajstić information content (AvgIpc) is 2.94. The number of benzene rings is 3. The molecule has 0 aliphatic heterocycles. The second-order valence-electron chi connectivity index (χ2n) is 9.89. The largest absolute Gasteiger partial charge is 0.492 e. The first-order valence-electron chi connectivity index (χ1n) is 13.5. The van der Waals surface area contributed by atoms with Crippen molar-refractivity contribution in [1.29, 1.82) is 0 Å². The Hall–Kier alpha value is -3.12. The van der Waals surface area contributed by atoms with E-state index >= 15 is 0 Å². The molecule has 0 unspecified atom stereocenters. The van der Waals surface area contributed by atoms with E-state index in [0.29, 0.717) is 29.5 Å². The van der Waals surface area contributed by atoms with E-state index in [-0.39, 0.29) is 17.7 Å². The lowest BCUT2D eigenvalue weighted by Gasteiger charge is -2.25. The Bertz CT molecular complexity index is 1210. The zero-order valence-electron chi connectivity index (χ0n) is 23.4. The summed E-state index contributed by atoms with van der Waals surface area (Å²) in [7, 11) is 3.45. The van der Waals surface area contributed by atoms with Crippen molar-refractivity contribution >= 4 is 40.5 Å². The van der Waals surface area contributed by atoms with E-state index in [0.717, 1.165) is 42.8 Å². The number of halogens is 2. The molecule has 0 saturated heterocycles. The van der Waals surface area contributed by atoms with E-state index in [4.69, 9.17) is 32.7 Å². The number of rotatable bonds is 15. The van der Waals surface area contributed by atoms with Crippen molar-refractivity contribution in [3.05, 3.63) is 106 Å². The summed E-state index contributed by atoms with van der Waals surface area (Å²) < 4.78 is 10.9. The second kappa shape index (κ2) is 16.2. The van der Waals surface area contributed by atoms with E-state index in [2.05, 4.69) is 36.2 Å². The minimum Gasteiger partial charge on any atom is -0.492 e. The van der Waals surface area contributed by atoms with Gasteiger partial charge in [0, 0.05) is 41.5 Å². The predicted octanol–water partition coefficient (Wildman–Crippen LogP) is 7.84. The van der Waals surface area contributed by atoms with E-state index in [1.165, 1.54) is 24.3 Å². The van der Waals surface area contributed by atoms with Gasteiger partial charge in [0.2, 0.25) is 0 Å². The van der Waals surface area contributed by atoms with Crippen molar-refractivity contribution in [2.45, 2.75) is 38.5 Å². The van der Waals surface area contributed by atoms with Crippen LogP contribution in [0.15, 0.2) is 78.9 Å². The number of allylic oxidation sites excluding steroid dienone is 1. The van der Waals surface area contributed by atoms with Gasteiger partial charge in [-0.05, 0) is 91.9 Å². The van der Waals surface area contributed by atoms with Gasteiger partial charge in [-0.25, -0.2) is 4.79 Å². The highest BCUT2D eigenvalue weighted by atomic mass is 35.5. The van der Waals surface area contributed by atoms with Gasteiger partial charge in [-0.2, -0.15) is 0 Å². The van der Waals surface area contributed by atoms with Gasteiger partial charge in [0.1, 0.15) is 18.1 Å². The van der Waals surface area contributed by atoms with Crippen LogP contribution in [0, 0.1) is 0 Å². The summed E-state index contributed by atoms with van der Waals surface area (Å²) in [5.41, 5.74) is 4.20. The molecule has 0 aliphatic rings. The lowest BCUT2D eigenvalue weighted by Crippen LogP contribution is -2.29. The average molecular weight is 583 g/mol. The fraction of sp³-hybridized carbons (Fsp3) is 0.333. The molecular weight excluding hydrogens is 545 g/mol. The number of esters is 1. The lowest BCUT2D eigenvalue weighted by atomic mass is 9.91. The molecule has 0 bridgehead atoms. The standard InChI is InChI=1S/C33H37Cl2NO4/c1-24(37)6-4-5-7-28(22-33(38)39-3)25-12-18-31(19-13-25)40-21-20-36(2)23-32(26-8-14-29(34)15-9-26)27-10-16-30(35)17-11-27/h8-19,22,32H,4-7,20-21,23H2,1-3H3. The predicted molar refractivity (Wildman–Crippen MR) is 163 cm³/mol. The van der Waals surface area contributed by atoms with Crippen molar-refractivity contribution in [2.24, 2.45) is 0 Å². The fourth-order valence-electron chi connectivity index (χ4n) is 4.47. The van der Waals surface area contributed by atoms with Gasteiger partial charge in [0.15, 0.2) is 0 Å². The summed E-state index contributed by atoms with van der Waals surface area (Å²) in [4.78, 5) is 25.4. The summed E-state index contributed by atoms with van der Waals surface area (Å²) in [5.74, 6) is 0.712. The number of likely N-dealkylation sites (N-methyl/N-ethyl adjacent to an activating group) is 1.